The Morgan fingerprint density at radius 2 is 2.26 bits per heavy atom. The lowest BCUT2D eigenvalue weighted by molar-refractivity contribution is 0.173. The predicted molar refractivity (Wildman–Crippen MR) is 66.6 cm³/mol. The molecule has 1 aliphatic rings. The third kappa shape index (κ3) is 2.26. The van der Waals surface area contributed by atoms with Crippen LogP contribution in [0.25, 0.3) is 0 Å². The van der Waals surface area contributed by atoms with Crippen molar-refractivity contribution in [1.82, 2.24) is 9.97 Å². The van der Waals surface area contributed by atoms with Crippen LogP contribution in [0, 0.1) is 11.3 Å². The maximum Gasteiger partial charge on any atom is 0.231 e. The zero-order chi connectivity index (χ0) is 13.1. The molecule has 0 radical (unpaired) electrons. The molecule has 0 saturated carbocycles. The quantitative estimate of drug-likeness (QED) is 0.897. The highest BCUT2D eigenvalue weighted by molar-refractivity contribution is 5.49. The second-order valence-corrected chi connectivity index (χ2v) is 3.88. The van der Waals surface area contributed by atoms with E-state index in [0.29, 0.717) is 18.2 Å². The van der Waals surface area contributed by atoms with Gasteiger partial charge >= 0.3 is 0 Å². The number of rotatable bonds is 3. The Labute approximate surface area is 109 Å². The first-order chi connectivity index (χ1) is 9.36. The average Bonchev–Trinajstić information content (AvgIpc) is 2.94. The molecule has 1 N–H and O–H groups in total. The van der Waals surface area contributed by atoms with Gasteiger partial charge in [-0.3, -0.25) is 0 Å². The van der Waals surface area contributed by atoms with E-state index in [9.17, 15) is 0 Å². The monoisotopic (exact) mass is 254 g/mol. The summed E-state index contributed by atoms with van der Waals surface area (Å²) in [6.07, 6.45) is 1.54. The van der Waals surface area contributed by atoms with E-state index in [1.54, 1.807) is 12.3 Å². The summed E-state index contributed by atoms with van der Waals surface area (Å²) in [6, 6.07) is 9.23. The number of nitrogens with one attached hydrogen (secondary N) is 1. The first kappa shape index (κ1) is 11.3. The van der Waals surface area contributed by atoms with Crippen molar-refractivity contribution in [2.75, 3.05) is 12.1 Å². The molecule has 1 aromatic carbocycles. The normalized spacial score (nSPS) is 11.9. The van der Waals surface area contributed by atoms with Gasteiger partial charge in [-0.05, 0) is 12.1 Å². The number of ether oxygens (including phenoxy) is 2. The second-order valence-electron chi connectivity index (χ2n) is 3.88. The molecule has 0 aliphatic carbocycles. The molecular weight excluding hydrogens is 244 g/mol. The Balaban J connectivity index is 1.76. The largest absolute Gasteiger partial charge is 0.454 e. The number of aromatic nitrogens is 2. The highest BCUT2D eigenvalue weighted by Crippen LogP contribution is 2.35. The molecule has 19 heavy (non-hydrogen) atoms. The number of anilines is 1. The summed E-state index contributed by atoms with van der Waals surface area (Å²) in [5.41, 5.74) is 1.29. The lowest BCUT2D eigenvalue weighted by Gasteiger charge is -2.07. The molecule has 0 atom stereocenters. The fourth-order valence-corrected chi connectivity index (χ4v) is 1.81. The van der Waals surface area contributed by atoms with Crippen molar-refractivity contribution in [2.24, 2.45) is 0 Å². The van der Waals surface area contributed by atoms with Crippen molar-refractivity contribution in [3.63, 3.8) is 0 Å². The highest BCUT2D eigenvalue weighted by atomic mass is 16.7. The fourth-order valence-electron chi connectivity index (χ4n) is 1.81. The van der Waals surface area contributed by atoms with Crippen LogP contribution in [0.15, 0.2) is 30.5 Å². The van der Waals surface area contributed by atoms with E-state index in [1.807, 2.05) is 24.3 Å². The summed E-state index contributed by atoms with van der Waals surface area (Å²) in [5, 5.41) is 11.8. The SMILES string of the molecule is N#Cc1ccnc(NCc2cccc3c2OCO3)n1. The van der Waals surface area contributed by atoms with E-state index in [2.05, 4.69) is 15.3 Å². The molecule has 0 amide bonds. The second kappa shape index (κ2) is 4.82. The molecule has 2 heterocycles. The lowest BCUT2D eigenvalue weighted by Crippen LogP contribution is -2.05. The van der Waals surface area contributed by atoms with Gasteiger partial charge in [0.15, 0.2) is 11.5 Å². The number of hydrogen-bond acceptors (Lipinski definition) is 6. The van der Waals surface area contributed by atoms with Gasteiger partial charge in [-0.25, -0.2) is 9.97 Å². The first-order valence-electron chi connectivity index (χ1n) is 5.71. The molecule has 0 spiro atoms. The fraction of sp³-hybridized carbons (Fsp3) is 0.154. The minimum atomic E-state index is 0.243. The van der Waals surface area contributed by atoms with Crippen molar-refractivity contribution >= 4 is 5.95 Å². The molecule has 3 rings (SSSR count). The summed E-state index contributed by atoms with van der Waals surface area (Å²) in [4.78, 5) is 8.10. The van der Waals surface area contributed by atoms with Gasteiger partial charge in [-0.2, -0.15) is 5.26 Å². The van der Waals surface area contributed by atoms with Crippen LogP contribution in [-0.2, 0) is 6.54 Å². The van der Waals surface area contributed by atoms with E-state index in [0.717, 1.165) is 17.1 Å². The smallest absolute Gasteiger partial charge is 0.231 e. The standard InChI is InChI=1S/C13H10N4O2/c14-6-10-4-5-15-13(17-10)16-7-9-2-1-3-11-12(9)19-8-18-11/h1-5H,7-8H2,(H,15,16,17). The Morgan fingerprint density at radius 1 is 1.32 bits per heavy atom. The number of hydrogen-bond donors (Lipinski definition) is 1. The maximum absolute atomic E-state index is 8.77. The van der Waals surface area contributed by atoms with Crippen molar-refractivity contribution in [1.29, 1.82) is 5.26 Å². The van der Waals surface area contributed by atoms with Gasteiger partial charge in [-0.15, -0.1) is 0 Å². The predicted octanol–water partition coefficient (Wildman–Crippen LogP) is 1.69. The molecule has 94 valence electrons. The summed E-state index contributed by atoms with van der Waals surface area (Å²) >= 11 is 0. The third-order valence-corrected chi connectivity index (χ3v) is 2.69. The zero-order valence-corrected chi connectivity index (χ0v) is 9.96. The molecule has 6 heteroatoms. The van der Waals surface area contributed by atoms with E-state index < -0.39 is 0 Å². The molecular formula is C13H10N4O2. The van der Waals surface area contributed by atoms with E-state index in [-0.39, 0.29) is 6.79 Å². The summed E-state index contributed by atoms with van der Waals surface area (Å²) < 4.78 is 10.7. The van der Waals surface area contributed by atoms with Crippen LogP contribution in [0.3, 0.4) is 0 Å². The molecule has 0 bridgehead atoms. The lowest BCUT2D eigenvalue weighted by atomic mass is 10.2. The van der Waals surface area contributed by atoms with Crippen LogP contribution >= 0.6 is 0 Å². The van der Waals surface area contributed by atoms with Gasteiger partial charge in [-0.1, -0.05) is 12.1 Å². The number of benzene rings is 1. The minimum Gasteiger partial charge on any atom is -0.454 e. The first-order valence-corrected chi connectivity index (χ1v) is 5.71. The van der Waals surface area contributed by atoms with Crippen LogP contribution in [-0.4, -0.2) is 16.8 Å². The third-order valence-electron chi connectivity index (χ3n) is 2.69. The topological polar surface area (TPSA) is 80.1 Å². The van der Waals surface area contributed by atoms with Crippen LogP contribution in [0.5, 0.6) is 11.5 Å². The molecule has 1 aromatic heterocycles. The Hall–Kier alpha value is -2.81. The molecule has 0 fully saturated rings. The molecule has 0 saturated heterocycles. The van der Waals surface area contributed by atoms with Gasteiger partial charge in [0.2, 0.25) is 12.7 Å². The summed E-state index contributed by atoms with van der Waals surface area (Å²) in [6.45, 7) is 0.744. The van der Waals surface area contributed by atoms with Crippen molar-refractivity contribution < 1.29 is 9.47 Å². The van der Waals surface area contributed by atoms with Gasteiger partial charge in [0.1, 0.15) is 11.8 Å². The zero-order valence-electron chi connectivity index (χ0n) is 9.96. The molecule has 2 aromatic rings. The van der Waals surface area contributed by atoms with Crippen molar-refractivity contribution in [3.8, 4) is 17.6 Å². The van der Waals surface area contributed by atoms with Gasteiger partial charge in [0.25, 0.3) is 0 Å². The van der Waals surface area contributed by atoms with E-state index in [1.165, 1.54) is 0 Å². The van der Waals surface area contributed by atoms with Crippen molar-refractivity contribution in [3.05, 3.63) is 41.7 Å². The van der Waals surface area contributed by atoms with Crippen LogP contribution in [0.4, 0.5) is 5.95 Å². The van der Waals surface area contributed by atoms with Crippen LogP contribution in [0.2, 0.25) is 0 Å². The van der Waals surface area contributed by atoms with Crippen LogP contribution < -0.4 is 14.8 Å². The van der Waals surface area contributed by atoms with Gasteiger partial charge in [0.05, 0.1) is 0 Å². The van der Waals surface area contributed by atoms with E-state index >= 15 is 0 Å². The average molecular weight is 254 g/mol. The maximum atomic E-state index is 8.77. The Kier molecular flexibility index (Phi) is 2.86. The Bertz CT molecular complexity index is 651. The van der Waals surface area contributed by atoms with E-state index in [4.69, 9.17) is 14.7 Å². The Morgan fingerprint density at radius 3 is 3.16 bits per heavy atom. The number of para-hydroxylation sites is 1. The molecule has 0 unspecified atom stereocenters. The van der Waals surface area contributed by atoms with Crippen molar-refractivity contribution in [2.45, 2.75) is 6.54 Å². The molecule has 6 nitrogen and oxygen atoms in total. The van der Waals surface area contributed by atoms with Crippen LogP contribution in [0.1, 0.15) is 11.3 Å². The summed E-state index contributed by atoms with van der Waals surface area (Å²) in [7, 11) is 0. The number of fused-ring (bicyclic) bond motifs is 1. The van der Waals surface area contributed by atoms with Gasteiger partial charge in [0, 0.05) is 18.3 Å². The summed E-state index contributed by atoms with van der Waals surface area (Å²) in [5.74, 6) is 1.90. The highest BCUT2D eigenvalue weighted by Gasteiger charge is 2.16. The number of nitriles is 1. The minimum absolute atomic E-state index is 0.243. The number of nitrogens with zero attached hydrogens (tertiary/aromatic N) is 3. The molecule has 1 aliphatic heterocycles. The van der Waals surface area contributed by atoms with Gasteiger partial charge < -0.3 is 14.8 Å².